The lowest BCUT2D eigenvalue weighted by Gasteiger charge is -2.07. The van der Waals surface area contributed by atoms with E-state index in [4.69, 9.17) is 0 Å². The molecule has 0 saturated heterocycles. The fourth-order valence-electron chi connectivity index (χ4n) is 4.51. The zero-order chi connectivity index (χ0) is 21.0. The van der Waals surface area contributed by atoms with Crippen LogP contribution >= 0.6 is 30.5 Å². The molecule has 30 heavy (non-hydrogen) atoms. The lowest BCUT2D eigenvalue weighted by Crippen LogP contribution is -1.98. The van der Waals surface area contributed by atoms with Crippen molar-refractivity contribution in [1.29, 1.82) is 0 Å². The number of benzene rings is 2. The van der Waals surface area contributed by atoms with Gasteiger partial charge in [-0.15, -0.1) is 22.7 Å². The third-order valence-corrected chi connectivity index (χ3v) is 9.37. The Morgan fingerprint density at radius 2 is 1.37 bits per heavy atom. The van der Waals surface area contributed by atoms with Crippen molar-refractivity contribution in [3.05, 3.63) is 96.9 Å². The number of hydrogen-bond acceptors (Lipinski definition) is 3. The summed E-state index contributed by atoms with van der Waals surface area (Å²) in [5.41, 5.74) is 7.09. The maximum atomic E-state index is 13.9. The van der Waals surface area contributed by atoms with Crippen LogP contribution in [0.3, 0.4) is 0 Å². The van der Waals surface area contributed by atoms with Crippen molar-refractivity contribution in [1.82, 2.24) is 0 Å². The van der Waals surface area contributed by atoms with Crippen molar-refractivity contribution in [3.8, 4) is 11.1 Å². The summed E-state index contributed by atoms with van der Waals surface area (Å²) in [5.74, 6) is 0. The molecule has 5 rings (SSSR count). The standard InChI is InChI=1S/C26H22OPS2/c1-15-14-21(16(2)29-15)25-20-12-8-9-13-22(20)28(27)26(25)24-18(4)30-17(3)23(24)19-10-6-5-7-11-19/h5-14H,1-4H3/q+1. The second-order valence-electron chi connectivity index (χ2n) is 7.69. The van der Waals surface area contributed by atoms with Gasteiger partial charge >= 0.3 is 7.80 Å². The Morgan fingerprint density at radius 1 is 0.700 bits per heavy atom. The van der Waals surface area contributed by atoms with Crippen molar-refractivity contribution in [2.24, 2.45) is 0 Å². The van der Waals surface area contributed by atoms with Gasteiger partial charge in [0.25, 0.3) is 0 Å². The molecule has 2 aromatic carbocycles. The van der Waals surface area contributed by atoms with Crippen LogP contribution in [-0.4, -0.2) is 0 Å². The molecule has 0 spiro atoms. The van der Waals surface area contributed by atoms with Crippen LogP contribution < -0.4 is 5.30 Å². The third-order valence-electron chi connectivity index (χ3n) is 5.70. The van der Waals surface area contributed by atoms with Gasteiger partial charge < -0.3 is 0 Å². The third kappa shape index (κ3) is 2.96. The molecule has 0 fully saturated rings. The van der Waals surface area contributed by atoms with Crippen molar-refractivity contribution in [2.75, 3.05) is 0 Å². The van der Waals surface area contributed by atoms with E-state index < -0.39 is 7.80 Å². The van der Waals surface area contributed by atoms with Gasteiger partial charge in [-0.05, 0) is 51.5 Å². The van der Waals surface area contributed by atoms with Crippen LogP contribution in [-0.2, 0) is 4.57 Å². The molecule has 1 aliphatic rings. The molecule has 1 unspecified atom stereocenters. The summed E-state index contributed by atoms with van der Waals surface area (Å²) in [4.78, 5) is 5.08. The van der Waals surface area contributed by atoms with E-state index >= 15 is 0 Å². The summed E-state index contributed by atoms with van der Waals surface area (Å²) in [6.07, 6.45) is 0. The Bertz CT molecular complexity index is 1340. The van der Waals surface area contributed by atoms with Gasteiger partial charge in [0.2, 0.25) is 10.6 Å². The van der Waals surface area contributed by atoms with Crippen LogP contribution in [0.25, 0.3) is 22.0 Å². The van der Waals surface area contributed by atoms with E-state index in [0.717, 1.165) is 21.8 Å². The minimum Gasteiger partial charge on any atom is -0.145 e. The molecule has 0 saturated carbocycles. The fourth-order valence-corrected chi connectivity index (χ4v) is 8.40. The monoisotopic (exact) mass is 445 g/mol. The van der Waals surface area contributed by atoms with Gasteiger partial charge in [0.1, 0.15) is 0 Å². The summed E-state index contributed by atoms with van der Waals surface area (Å²) in [5, 5.41) is 1.97. The lowest BCUT2D eigenvalue weighted by molar-refractivity contribution is 0.598. The molecule has 4 aromatic rings. The fraction of sp³-hybridized carbons (Fsp3) is 0.154. The molecule has 0 aliphatic carbocycles. The van der Waals surface area contributed by atoms with E-state index in [1.165, 1.54) is 41.8 Å². The van der Waals surface area contributed by atoms with E-state index in [1.807, 2.05) is 29.5 Å². The molecule has 3 heterocycles. The second-order valence-corrected chi connectivity index (χ2v) is 12.1. The first-order valence-corrected chi connectivity index (χ1v) is 12.9. The molecular weight excluding hydrogens is 423 g/mol. The molecule has 1 atom stereocenters. The lowest BCUT2D eigenvalue weighted by atomic mass is 9.93. The van der Waals surface area contributed by atoms with E-state index in [-0.39, 0.29) is 0 Å². The van der Waals surface area contributed by atoms with Crippen LogP contribution in [0, 0.1) is 27.7 Å². The van der Waals surface area contributed by atoms with Crippen molar-refractivity contribution >= 4 is 46.7 Å². The highest BCUT2D eigenvalue weighted by atomic mass is 32.1. The minimum absolute atomic E-state index is 0.961. The Morgan fingerprint density at radius 3 is 2.07 bits per heavy atom. The van der Waals surface area contributed by atoms with E-state index in [1.54, 1.807) is 11.3 Å². The summed E-state index contributed by atoms with van der Waals surface area (Å²) < 4.78 is 13.9. The van der Waals surface area contributed by atoms with E-state index in [0.29, 0.717) is 0 Å². The quantitative estimate of drug-likeness (QED) is 0.291. The van der Waals surface area contributed by atoms with E-state index in [9.17, 15) is 4.57 Å². The zero-order valence-electron chi connectivity index (χ0n) is 17.4. The number of hydrogen-bond donors (Lipinski definition) is 0. The topological polar surface area (TPSA) is 17.1 Å². The highest BCUT2D eigenvalue weighted by molar-refractivity contribution is 7.66. The molecule has 0 amide bonds. The predicted molar refractivity (Wildman–Crippen MR) is 133 cm³/mol. The molecule has 0 N–H and O–H groups in total. The van der Waals surface area contributed by atoms with Gasteiger partial charge in [-0.2, -0.15) is 0 Å². The van der Waals surface area contributed by atoms with Crippen LogP contribution in [0.15, 0.2) is 60.7 Å². The highest BCUT2D eigenvalue weighted by Crippen LogP contribution is 2.57. The number of thiophene rings is 2. The Kier molecular flexibility index (Phi) is 4.86. The van der Waals surface area contributed by atoms with Crippen LogP contribution in [0.2, 0.25) is 0 Å². The molecule has 1 aliphatic heterocycles. The zero-order valence-corrected chi connectivity index (χ0v) is 20.0. The predicted octanol–water partition coefficient (Wildman–Crippen LogP) is 8.09. The summed E-state index contributed by atoms with van der Waals surface area (Å²) in [6.45, 7) is 8.67. The highest BCUT2D eigenvalue weighted by Gasteiger charge is 2.45. The van der Waals surface area contributed by atoms with E-state index in [2.05, 4.69) is 70.2 Å². The van der Waals surface area contributed by atoms with Gasteiger partial charge in [0, 0.05) is 41.8 Å². The maximum absolute atomic E-state index is 13.9. The molecule has 148 valence electrons. The van der Waals surface area contributed by atoms with Gasteiger partial charge in [-0.1, -0.05) is 47.0 Å². The van der Waals surface area contributed by atoms with Gasteiger partial charge in [0.05, 0.1) is 5.56 Å². The van der Waals surface area contributed by atoms with Gasteiger partial charge in [-0.25, -0.2) is 0 Å². The number of aryl methyl sites for hydroxylation is 4. The summed E-state index contributed by atoms with van der Waals surface area (Å²) >= 11 is 3.62. The number of fused-ring (bicyclic) bond motifs is 1. The van der Waals surface area contributed by atoms with Crippen molar-refractivity contribution in [2.45, 2.75) is 27.7 Å². The smallest absolute Gasteiger partial charge is 0.145 e. The van der Waals surface area contributed by atoms with Gasteiger partial charge in [-0.3, -0.25) is 0 Å². The van der Waals surface area contributed by atoms with Gasteiger partial charge in [0.15, 0.2) is 0 Å². The largest absolute Gasteiger partial charge is 0.417 e. The van der Waals surface area contributed by atoms with Crippen LogP contribution in [0.4, 0.5) is 0 Å². The Balaban J connectivity index is 1.89. The normalized spacial score (nSPS) is 14.5. The van der Waals surface area contributed by atoms with Crippen LogP contribution in [0.1, 0.15) is 36.2 Å². The summed E-state index contributed by atoms with van der Waals surface area (Å²) in [7, 11) is -1.66. The first-order chi connectivity index (χ1) is 14.5. The second kappa shape index (κ2) is 7.42. The minimum atomic E-state index is -1.66. The molecule has 0 bridgehead atoms. The molecule has 4 heteroatoms. The first-order valence-electron chi connectivity index (χ1n) is 10.0. The average molecular weight is 446 g/mol. The summed E-state index contributed by atoms with van der Waals surface area (Å²) in [6, 6.07) is 21.0. The maximum Gasteiger partial charge on any atom is 0.417 e. The molecule has 2 aromatic heterocycles. The van der Waals surface area contributed by atoms with Crippen LogP contribution in [0.5, 0.6) is 0 Å². The van der Waals surface area contributed by atoms with Crippen molar-refractivity contribution < 1.29 is 4.57 Å². The SMILES string of the molecule is Cc1cc(C2=C(c3c(C)sc(C)c3-c3ccccc3)[P+](=O)c3ccccc32)c(C)s1. The number of rotatable bonds is 3. The average Bonchev–Trinajstić information content (AvgIpc) is 3.32. The molecular formula is C26H22OPS2+. The first kappa shape index (κ1) is 19.6. The molecule has 0 radical (unpaired) electrons. The molecule has 1 nitrogen and oxygen atoms in total. The Hall–Kier alpha value is -2.32. The Labute approximate surface area is 186 Å². The van der Waals surface area contributed by atoms with Crippen molar-refractivity contribution in [3.63, 3.8) is 0 Å².